The Balaban J connectivity index is 2.25. The van der Waals surface area contributed by atoms with Crippen LogP contribution in [0.3, 0.4) is 0 Å². The third-order valence-electron chi connectivity index (χ3n) is 2.59. The molecule has 1 aromatic carbocycles. The molecule has 18 heavy (non-hydrogen) atoms. The monoisotopic (exact) mass is 262 g/mol. The Morgan fingerprint density at radius 2 is 2.06 bits per heavy atom. The van der Waals surface area contributed by atoms with Crippen molar-refractivity contribution < 1.29 is 4.74 Å². The number of hydrogen-bond donors (Lipinski definition) is 1. The number of nitrogens with zero attached hydrogens (tertiary/aromatic N) is 1. The topological polar surface area (TPSA) is 48.1 Å². The van der Waals surface area contributed by atoms with Crippen LogP contribution in [0, 0.1) is 6.92 Å². The van der Waals surface area contributed by atoms with Gasteiger partial charge in [-0.2, -0.15) is 0 Å². The van der Waals surface area contributed by atoms with E-state index in [0.29, 0.717) is 16.7 Å². The van der Waals surface area contributed by atoms with Crippen molar-refractivity contribution in [3.05, 3.63) is 52.7 Å². The number of ether oxygens (including phenoxy) is 1. The lowest BCUT2D eigenvalue weighted by molar-refractivity contribution is 0.461. The smallest absolute Gasteiger partial charge is 0.219 e. The zero-order valence-electron chi connectivity index (χ0n) is 10.4. The fraction of sp³-hybridized carbons (Fsp3) is 0.214. The molecule has 3 nitrogen and oxygen atoms in total. The van der Waals surface area contributed by atoms with Crippen molar-refractivity contribution in [1.29, 1.82) is 0 Å². The molecule has 0 radical (unpaired) electrons. The number of rotatable bonds is 3. The Bertz CT molecular complexity index is 555. The van der Waals surface area contributed by atoms with Crippen molar-refractivity contribution in [2.45, 2.75) is 19.9 Å². The molecule has 1 aromatic heterocycles. The summed E-state index contributed by atoms with van der Waals surface area (Å²) in [7, 11) is 0. The van der Waals surface area contributed by atoms with Crippen molar-refractivity contribution in [2.75, 3.05) is 0 Å². The second-order valence-corrected chi connectivity index (χ2v) is 4.66. The molecule has 0 saturated heterocycles. The molecule has 2 aromatic rings. The molecule has 0 aliphatic carbocycles. The Morgan fingerprint density at radius 1 is 1.28 bits per heavy atom. The Kier molecular flexibility index (Phi) is 3.84. The lowest BCUT2D eigenvalue weighted by atomic mass is 10.1. The highest BCUT2D eigenvalue weighted by atomic mass is 35.5. The molecule has 94 valence electrons. The number of halogens is 1. The van der Waals surface area contributed by atoms with E-state index in [-0.39, 0.29) is 6.04 Å². The summed E-state index contributed by atoms with van der Waals surface area (Å²) in [5.41, 5.74) is 7.88. The molecule has 4 heteroatoms. The summed E-state index contributed by atoms with van der Waals surface area (Å²) in [6, 6.07) is 9.26. The molecular weight excluding hydrogens is 248 g/mol. The molecule has 2 rings (SSSR count). The first-order chi connectivity index (χ1) is 8.56. The van der Waals surface area contributed by atoms with E-state index in [1.807, 2.05) is 44.2 Å². The normalized spacial score (nSPS) is 12.2. The van der Waals surface area contributed by atoms with Gasteiger partial charge in [0.05, 0.1) is 5.02 Å². The molecule has 0 fully saturated rings. The summed E-state index contributed by atoms with van der Waals surface area (Å²) in [6.07, 6.45) is 1.68. The maximum atomic E-state index is 6.10. The van der Waals surface area contributed by atoms with Gasteiger partial charge in [-0.3, -0.25) is 0 Å². The highest BCUT2D eigenvalue weighted by Crippen LogP contribution is 2.29. The van der Waals surface area contributed by atoms with E-state index in [1.54, 1.807) is 6.20 Å². The summed E-state index contributed by atoms with van der Waals surface area (Å²) in [5.74, 6) is 1.09. The van der Waals surface area contributed by atoms with E-state index in [2.05, 4.69) is 4.98 Å². The molecule has 0 spiro atoms. The zero-order valence-corrected chi connectivity index (χ0v) is 11.1. The fourth-order valence-corrected chi connectivity index (χ4v) is 1.84. The first-order valence-corrected chi connectivity index (χ1v) is 6.09. The highest BCUT2D eigenvalue weighted by molar-refractivity contribution is 6.32. The van der Waals surface area contributed by atoms with Gasteiger partial charge >= 0.3 is 0 Å². The van der Waals surface area contributed by atoms with Crippen LogP contribution < -0.4 is 10.5 Å². The van der Waals surface area contributed by atoms with Crippen LogP contribution in [0.2, 0.25) is 5.02 Å². The van der Waals surface area contributed by atoms with Crippen LogP contribution in [0.1, 0.15) is 24.1 Å². The number of pyridine rings is 1. The minimum Gasteiger partial charge on any atom is -0.437 e. The SMILES string of the molecule is Cc1ccc(Oc2cc(C(C)N)ccn2)c(Cl)c1. The third kappa shape index (κ3) is 3.00. The van der Waals surface area contributed by atoms with Gasteiger partial charge in [0.1, 0.15) is 5.75 Å². The van der Waals surface area contributed by atoms with Gasteiger partial charge in [-0.25, -0.2) is 4.98 Å². The van der Waals surface area contributed by atoms with Crippen molar-refractivity contribution in [3.8, 4) is 11.6 Å². The molecule has 0 aliphatic rings. The molecule has 0 aliphatic heterocycles. The van der Waals surface area contributed by atoms with Crippen molar-refractivity contribution in [2.24, 2.45) is 5.73 Å². The third-order valence-corrected chi connectivity index (χ3v) is 2.88. The number of hydrogen-bond acceptors (Lipinski definition) is 3. The van der Waals surface area contributed by atoms with Crippen LogP contribution in [0.15, 0.2) is 36.5 Å². The first-order valence-electron chi connectivity index (χ1n) is 5.72. The van der Waals surface area contributed by atoms with E-state index in [1.165, 1.54) is 0 Å². The number of nitrogens with two attached hydrogens (primary N) is 1. The first kappa shape index (κ1) is 12.9. The molecular formula is C14H15ClN2O. The fourth-order valence-electron chi connectivity index (χ4n) is 1.57. The van der Waals surface area contributed by atoms with Gasteiger partial charge in [0.25, 0.3) is 0 Å². The van der Waals surface area contributed by atoms with Crippen molar-refractivity contribution in [1.82, 2.24) is 4.98 Å². The van der Waals surface area contributed by atoms with Crippen LogP contribution in [-0.2, 0) is 0 Å². The predicted octanol–water partition coefficient (Wildman–Crippen LogP) is 3.86. The lowest BCUT2D eigenvalue weighted by Gasteiger charge is -2.10. The van der Waals surface area contributed by atoms with Crippen LogP contribution in [-0.4, -0.2) is 4.98 Å². The van der Waals surface area contributed by atoms with E-state index in [9.17, 15) is 0 Å². The maximum Gasteiger partial charge on any atom is 0.219 e. The van der Waals surface area contributed by atoms with Gasteiger partial charge in [0.2, 0.25) is 5.88 Å². The van der Waals surface area contributed by atoms with Crippen LogP contribution in [0.25, 0.3) is 0 Å². The van der Waals surface area contributed by atoms with Gasteiger partial charge in [-0.05, 0) is 43.2 Å². The second kappa shape index (κ2) is 5.38. The quantitative estimate of drug-likeness (QED) is 0.914. The largest absolute Gasteiger partial charge is 0.437 e. The summed E-state index contributed by atoms with van der Waals surface area (Å²) in [5, 5.41) is 0.572. The second-order valence-electron chi connectivity index (χ2n) is 4.25. The molecule has 1 atom stereocenters. The minimum atomic E-state index is -0.0520. The number of benzene rings is 1. The molecule has 0 bridgehead atoms. The zero-order chi connectivity index (χ0) is 13.1. The van der Waals surface area contributed by atoms with E-state index < -0.39 is 0 Å². The minimum absolute atomic E-state index is 0.0520. The van der Waals surface area contributed by atoms with Gasteiger partial charge in [0, 0.05) is 18.3 Å². The summed E-state index contributed by atoms with van der Waals surface area (Å²) in [6.45, 7) is 3.89. The standard InChI is InChI=1S/C14H15ClN2O/c1-9-3-4-13(12(15)7-9)18-14-8-11(10(2)16)5-6-17-14/h3-8,10H,16H2,1-2H3. The Labute approximate surface area is 112 Å². The molecule has 1 unspecified atom stereocenters. The van der Waals surface area contributed by atoms with E-state index in [0.717, 1.165) is 11.1 Å². The summed E-state index contributed by atoms with van der Waals surface area (Å²) >= 11 is 6.10. The molecule has 1 heterocycles. The number of aromatic nitrogens is 1. The molecule has 0 saturated carbocycles. The van der Waals surface area contributed by atoms with Gasteiger partial charge < -0.3 is 10.5 Å². The average molecular weight is 263 g/mol. The van der Waals surface area contributed by atoms with Gasteiger partial charge in [-0.15, -0.1) is 0 Å². The Hall–Kier alpha value is -1.58. The average Bonchev–Trinajstić information content (AvgIpc) is 2.33. The molecule has 2 N–H and O–H groups in total. The maximum absolute atomic E-state index is 6.10. The van der Waals surface area contributed by atoms with Gasteiger partial charge in [-0.1, -0.05) is 17.7 Å². The van der Waals surface area contributed by atoms with E-state index >= 15 is 0 Å². The highest BCUT2D eigenvalue weighted by Gasteiger charge is 2.06. The number of aryl methyl sites for hydroxylation is 1. The van der Waals surface area contributed by atoms with E-state index in [4.69, 9.17) is 22.1 Å². The van der Waals surface area contributed by atoms with Crippen LogP contribution >= 0.6 is 11.6 Å². The Morgan fingerprint density at radius 3 is 2.72 bits per heavy atom. The van der Waals surface area contributed by atoms with Crippen LogP contribution in [0.5, 0.6) is 11.6 Å². The summed E-state index contributed by atoms with van der Waals surface area (Å²) in [4.78, 5) is 4.14. The predicted molar refractivity (Wildman–Crippen MR) is 73.1 cm³/mol. The molecule has 0 amide bonds. The van der Waals surface area contributed by atoms with Crippen molar-refractivity contribution >= 4 is 11.6 Å². The lowest BCUT2D eigenvalue weighted by Crippen LogP contribution is -2.05. The summed E-state index contributed by atoms with van der Waals surface area (Å²) < 4.78 is 5.66. The van der Waals surface area contributed by atoms with Crippen molar-refractivity contribution in [3.63, 3.8) is 0 Å². The van der Waals surface area contributed by atoms with Gasteiger partial charge in [0.15, 0.2) is 0 Å². The van der Waals surface area contributed by atoms with Crippen LogP contribution in [0.4, 0.5) is 0 Å².